The number of hydrogen-bond acceptors (Lipinski definition) is 6. The van der Waals surface area contributed by atoms with E-state index in [0.717, 1.165) is 0 Å². The molecule has 7 nitrogen and oxygen atoms in total. The van der Waals surface area contributed by atoms with E-state index in [1.165, 1.54) is 19.2 Å². The van der Waals surface area contributed by atoms with Gasteiger partial charge in [0, 0.05) is 12.1 Å². The van der Waals surface area contributed by atoms with Gasteiger partial charge in [-0.1, -0.05) is 0 Å². The van der Waals surface area contributed by atoms with Gasteiger partial charge in [0.1, 0.15) is 18.4 Å². The van der Waals surface area contributed by atoms with Crippen molar-refractivity contribution in [2.75, 3.05) is 20.8 Å². The summed E-state index contributed by atoms with van der Waals surface area (Å²) in [6, 6.07) is 2.02. The second-order valence-electron chi connectivity index (χ2n) is 3.67. The molecule has 0 fully saturated rings. The average Bonchev–Trinajstić information content (AvgIpc) is 2.40. The van der Waals surface area contributed by atoms with Crippen LogP contribution in [0.15, 0.2) is 21.1 Å². The summed E-state index contributed by atoms with van der Waals surface area (Å²) >= 11 is 6.39. The Hall–Kier alpha value is -1.19. The number of carbonyl (C=O) groups is 1. The highest BCUT2D eigenvalue weighted by Gasteiger charge is 2.20. The van der Waals surface area contributed by atoms with Crippen molar-refractivity contribution in [2.45, 2.75) is 6.04 Å². The van der Waals surface area contributed by atoms with Gasteiger partial charge in [-0.05, 0) is 38.9 Å². The van der Waals surface area contributed by atoms with Crippen LogP contribution < -0.4 is 10.1 Å². The minimum absolute atomic E-state index is 0.0260. The lowest BCUT2D eigenvalue weighted by Gasteiger charge is -2.16. The molecule has 0 aliphatic rings. The third-order valence-electron chi connectivity index (χ3n) is 2.42. The van der Waals surface area contributed by atoms with Crippen LogP contribution in [0.25, 0.3) is 0 Å². The molecule has 1 aromatic rings. The predicted molar refractivity (Wildman–Crippen MR) is 78.9 cm³/mol. The summed E-state index contributed by atoms with van der Waals surface area (Å²) in [5.41, 5.74) is -0.0748. The van der Waals surface area contributed by atoms with Crippen LogP contribution in [0, 0.1) is 10.1 Å². The van der Waals surface area contributed by atoms with Crippen LogP contribution in [0.5, 0.6) is 5.75 Å². The highest BCUT2D eigenvalue weighted by atomic mass is 79.9. The third-order valence-corrected chi connectivity index (χ3v) is 3.60. The van der Waals surface area contributed by atoms with Gasteiger partial charge in [-0.15, -0.1) is 0 Å². The molecule has 0 bridgehead atoms. The fourth-order valence-corrected chi connectivity index (χ4v) is 2.76. The SMILES string of the molecule is CNC(COc1c(Br)cc([N+](=O)[O-])cc1Br)C(=O)OC. The van der Waals surface area contributed by atoms with Gasteiger partial charge in [0.05, 0.1) is 21.0 Å². The van der Waals surface area contributed by atoms with Crippen molar-refractivity contribution in [3.63, 3.8) is 0 Å². The number of carbonyl (C=O) groups excluding carboxylic acids is 1. The van der Waals surface area contributed by atoms with Crippen LogP contribution in [0.4, 0.5) is 5.69 Å². The Kier molecular flexibility index (Phi) is 6.37. The van der Waals surface area contributed by atoms with E-state index in [9.17, 15) is 14.9 Å². The summed E-state index contributed by atoms with van der Waals surface area (Å²) in [4.78, 5) is 21.6. The molecule has 0 aliphatic heterocycles. The van der Waals surface area contributed by atoms with Crippen LogP contribution in [0.3, 0.4) is 0 Å². The van der Waals surface area contributed by atoms with Crippen molar-refractivity contribution in [1.82, 2.24) is 5.32 Å². The van der Waals surface area contributed by atoms with E-state index in [2.05, 4.69) is 41.9 Å². The number of nitrogens with zero attached hydrogens (tertiary/aromatic N) is 1. The van der Waals surface area contributed by atoms with Crippen molar-refractivity contribution in [3.8, 4) is 5.75 Å². The molecule has 0 aliphatic carbocycles. The maximum atomic E-state index is 11.4. The van der Waals surface area contributed by atoms with Gasteiger partial charge >= 0.3 is 5.97 Å². The highest BCUT2D eigenvalue weighted by Crippen LogP contribution is 2.37. The molecule has 20 heavy (non-hydrogen) atoms. The molecule has 1 atom stereocenters. The minimum atomic E-state index is -0.631. The van der Waals surface area contributed by atoms with Gasteiger partial charge < -0.3 is 14.8 Å². The molecule has 0 amide bonds. The standard InChI is InChI=1S/C11H12Br2N2O5/c1-14-9(11(16)19-2)5-20-10-7(12)3-6(15(17)18)4-8(10)13/h3-4,9,14H,5H2,1-2H3. The van der Waals surface area contributed by atoms with Crippen molar-refractivity contribution in [3.05, 3.63) is 31.2 Å². The second-order valence-corrected chi connectivity index (χ2v) is 5.38. The average molecular weight is 412 g/mol. The fraction of sp³-hybridized carbons (Fsp3) is 0.364. The summed E-state index contributed by atoms with van der Waals surface area (Å²) in [6.45, 7) is 0.0260. The molecule has 9 heteroatoms. The van der Waals surface area contributed by atoms with E-state index in [1.54, 1.807) is 7.05 Å². The lowest BCUT2D eigenvalue weighted by molar-refractivity contribution is -0.385. The Labute approximate surface area is 132 Å². The molecule has 1 N–H and O–H groups in total. The number of halogens is 2. The Morgan fingerprint density at radius 2 is 2.00 bits per heavy atom. The molecule has 1 unspecified atom stereocenters. The van der Waals surface area contributed by atoms with Crippen molar-refractivity contribution >= 4 is 43.5 Å². The zero-order valence-electron chi connectivity index (χ0n) is 10.7. The third kappa shape index (κ3) is 4.15. The maximum absolute atomic E-state index is 11.4. The van der Waals surface area contributed by atoms with Crippen LogP contribution >= 0.6 is 31.9 Å². The number of nitrogens with one attached hydrogen (secondary N) is 1. The van der Waals surface area contributed by atoms with E-state index in [4.69, 9.17) is 4.74 Å². The number of methoxy groups -OCH3 is 1. The van der Waals surface area contributed by atoms with Crippen molar-refractivity contribution in [1.29, 1.82) is 0 Å². The topological polar surface area (TPSA) is 90.7 Å². The minimum Gasteiger partial charge on any atom is -0.489 e. The molecule has 1 rings (SSSR count). The van der Waals surface area contributed by atoms with Gasteiger partial charge in [0.15, 0.2) is 0 Å². The number of benzene rings is 1. The van der Waals surface area contributed by atoms with E-state index in [-0.39, 0.29) is 12.3 Å². The number of rotatable bonds is 6. The molecule has 1 aromatic carbocycles. The molecule has 0 radical (unpaired) electrons. The van der Waals surface area contributed by atoms with Crippen LogP contribution in [0.2, 0.25) is 0 Å². The first kappa shape index (κ1) is 16.9. The monoisotopic (exact) mass is 410 g/mol. The van der Waals surface area contributed by atoms with Crippen LogP contribution in [-0.2, 0) is 9.53 Å². The lowest BCUT2D eigenvalue weighted by atomic mass is 10.3. The number of nitro benzene ring substituents is 1. The molecule has 0 spiro atoms. The Morgan fingerprint density at radius 3 is 2.40 bits per heavy atom. The Balaban J connectivity index is 2.88. The number of nitro groups is 1. The number of non-ortho nitro benzene ring substituents is 1. The predicted octanol–water partition coefficient (Wildman–Crippen LogP) is 2.26. The summed E-state index contributed by atoms with van der Waals surface area (Å²) in [5, 5.41) is 13.5. The zero-order valence-corrected chi connectivity index (χ0v) is 13.9. The van der Waals surface area contributed by atoms with Gasteiger partial charge in [0.2, 0.25) is 0 Å². The van der Waals surface area contributed by atoms with Gasteiger partial charge in [-0.2, -0.15) is 0 Å². The number of esters is 1. The summed E-state index contributed by atoms with van der Waals surface area (Å²) in [6.07, 6.45) is 0. The maximum Gasteiger partial charge on any atom is 0.326 e. The van der Waals surface area contributed by atoms with Crippen LogP contribution in [0.1, 0.15) is 0 Å². The number of hydrogen-bond donors (Lipinski definition) is 1. The second kappa shape index (κ2) is 7.55. The van der Waals surface area contributed by atoms with Gasteiger partial charge in [-0.3, -0.25) is 14.9 Å². The zero-order chi connectivity index (χ0) is 15.3. The molecular formula is C11H12Br2N2O5. The largest absolute Gasteiger partial charge is 0.489 e. The molecule has 0 aromatic heterocycles. The first-order valence-electron chi connectivity index (χ1n) is 5.42. The highest BCUT2D eigenvalue weighted by molar-refractivity contribution is 9.11. The summed E-state index contributed by atoms with van der Waals surface area (Å²) in [7, 11) is 2.88. The molecule has 0 heterocycles. The smallest absolute Gasteiger partial charge is 0.326 e. The van der Waals surface area contributed by atoms with E-state index in [1.807, 2.05) is 0 Å². The van der Waals surface area contributed by atoms with Crippen molar-refractivity contribution in [2.24, 2.45) is 0 Å². The summed E-state index contributed by atoms with van der Waals surface area (Å²) in [5.74, 6) is -0.0820. The molecule has 0 saturated heterocycles. The molecule has 110 valence electrons. The first-order chi connectivity index (χ1) is 9.40. The molecule has 0 saturated carbocycles. The van der Waals surface area contributed by atoms with Crippen molar-refractivity contribution < 1.29 is 19.2 Å². The van der Waals surface area contributed by atoms with E-state index in [0.29, 0.717) is 14.7 Å². The Morgan fingerprint density at radius 1 is 1.45 bits per heavy atom. The van der Waals surface area contributed by atoms with E-state index < -0.39 is 16.9 Å². The summed E-state index contributed by atoms with van der Waals surface area (Å²) < 4.78 is 10.9. The lowest BCUT2D eigenvalue weighted by Crippen LogP contribution is -2.40. The first-order valence-corrected chi connectivity index (χ1v) is 7.00. The van der Waals surface area contributed by atoms with E-state index >= 15 is 0 Å². The number of likely N-dealkylation sites (N-methyl/N-ethyl adjacent to an activating group) is 1. The molecular weight excluding hydrogens is 400 g/mol. The van der Waals surface area contributed by atoms with Gasteiger partial charge in [-0.25, -0.2) is 0 Å². The normalized spacial score (nSPS) is 11.8. The van der Waals surface area contributed by atoms with Gasteiger partial charge in [0.25, 0.3) is 5.69 Å². The van der Waals surface area contributed by atoms with Crippen LogP contribution in [-0.4, -0.2) is 37.7 Å². The Bertz CT molecular complexity index is 501. The number of ether oxygens (including phenoxy) is 2. The fourth-order valence-electron chi connectivity index (χ4n) is 1.37. The quantitative estimate of drug-likeness (QED) is 0.438.